The van der Waals surface area contributed by atoms with Crippen LogP contribution in [-0.4, -0.2) is 9.97 Å². The molecule has 0 unspecified atom stereocenters. The van der Waals surface area contributed by atoms with Gasteiger partial charge in [0.15, 0.2) is 0 Å². The fourth-order valence-electron chi connectivity index (χ4n) is 5.79. The zero-order chi connectivity index (χ0) is 22.9. The van der Waals surface area contributed by atoms with Crippen molar-refractivity contribution in [1.82, 2.24) is 9.97 Å². The van der Waals surface area contributed by atoms with Gasteiger partial charge in [0.25, 0.3) is 0 Å². The van der Waals surface area contributed by atoms with Crippen molar-refractivity contribution in [1.29, 1.82) is 0 Å². The molecule has 0 saturated heterocycles. The van der Waals surface area contributed by atoms with Gasteiger partial charge >= 0.3 is 0 Å². The van der Waals surface area contributed by atoms with Gasteiger partial charge in [-0.3, -0.25) is 0 Å². The van der Waals surface area contributed by atoms with E-state index in [2.05, 4.69) is 100 Å². The lowest BCUT2D eigenvalue weighted by Crippen LogP contribution is -2.18. The number of hydrogen-bond acceptors (Lipinski definition) is 2. The van der Waals surface area contributed by atoms with Gasteiger partial charge in [-0.15, -0.1) is 0 Å². The van der Waals surface area contributed by atoms with E-state index in [1.54, 1.807) is 0 Å². The molecule has 0 radical (unpaired) electrons. The Bertz CT molecular complexity index is 1570. The molecule has 162 valence electrons. The van der Waals surface area contributed by atoms with Crippen LogP contribution in [0.25, 0.3) is 44.1 Å². The minimum absolute atomic E-state index is 0.196. The number of aryl methyl sites for hydroxylation is 1. The van der Waals surface area contributed by atoms with E-state index in [0.29, 0.717) is 5.92 Å². The van der Waals surface area contributed by atoms with Crippen molar-refractivity contribution >= 4 is 21.5 Å². The molecule has 1 aliphatic rings. The highest BCUT2D eigenvalue weighted by Crippen LogP contribution is 2.53. The summed E-state index contributed by atoms with van der Waals surface area (Å²) < 4.78 is 0. The molecule has 1 aromatic heterocycles. The van der Waals surface area contributed by atoms with Crippen LogP contribution in [0.1, 0.15) is 56.1 Å². The van der Waals surface area contributed by atoms with Crippen LogP contribution in [0, 0.1) is 6.92 Å². The van der Waals surface area contributed by atoms with Crippen molar-refractivity contribution in [2.45, 2.75) is 46.0 Å². The van der Waals surface area contributed by atoms with E-state index in [0.717, 1.165) is 17.2 Å². The van der Waals surface area contributed by atoms with Gasteiger partial charge in [0, 0.05) is 22.1 Å². The van der Waals surface area contributed by atoms with E-state index in [1.807, 2.05) is 6.92 Å². The average molecular weight is 429 g/mol. The van der Waals surface area contributed by atoms with Crippen LogP contribution in [0.4, 0.5) is 0 Å². The lowest BCUT2D eigenvalue weighted by Gasteiger charge is -2.25. The van der Waals surface area contributed by atoms with Crippen molar-refractivity contribution in [3.8, 4) is 22.5 Å². The van der Waals surface area contributed by atoms with Crippen LogP contribution in [0.2, 0.25) is 0 Å². The number of fused-ring (bicyclic) bond motifs is 6. The topological polar surface area (TPSA) is 25.8 Å². The Balaban J connectivity index is 1.69. The maximum Gasteiger partial charge on any atom is 0.126 e. The molecule has 2 heteroatoms. The third-order valence-electron chi connectivity index (χ3n) is 7.24. The summed E-state index contributed by atoms with van der Waals surface area (Å²) in [5.41, 5.74) is 8.35. The molecule has 1 aliphatic carbocycles. The monoisotopic (exact) mass is 428 g/mol. The van der Waals surface area contributed by atoms with Crippen molar-refractivity contribution in [2.75, 3.05) is 0 Å². The van der Waals surface area contributed by atoms with E-state index in [1.165, 1.54) is 49.4 Å². The van der Waals surface area contributed by atoms with Gasteiger partial charge in [0.1, 0.15) is 5.82 Å². The van der Waals surface area contributed by atoms with Crippen LogP contribution in [0.15, 0.2) is 72.8 Å². The molecule has 0 atom stereocenters. The van der Waals surface area contributed by atoms with Crippen LogP contribution in [0.5, 0.6) is 0 Å². The summed E-state index contributed by atoms with van der Waals surface area (Å²) in [5, 5.41) is 5.17. The number of benzene rings is 4. The summed E-state index contributed by atoms with van der Waals surface area (Å²) in [6.45, 7) is 11.2. The van der Waals surface area contributed by atoms with Crippen molar-refractivity contribution in [2.24, 2.45) is 0 Å². The first kappa shape index (κ1) is 20.1. The average Bonchev–Trinajstić information content (AvgIpc) is 3.04. The van der Waals surface area contributed by atoms with Gasteiger partial charge in [-0.1, -0.05) is 88.4 Å². The largest absolute Gasteiger partial charge is 0.233 e. The Kier molecular flexibility index (Phi) is 4.26. The third-order valence-corrected chi connectivity index (χ3v) is 7.24. The molecule has 0 spiro atoms. The summed E-state index contributed by atoms with van der Waals surface area (Å²) in [5.74, 6) is 1.25. The summed E-state index contributed by atoms with van der Waals surface area (Å²) in [7, 11) is 0. The Morgan fingerprint density at radius 2 is 1.36 bits per heavy atom. The maximum absolute atomic E-state index is 5.07. The molecule has 33 heavy (non-hydrogen) atoms. The molecular weight excluding hydrogens is 400 g/mol. The van der Waals surface area contributed by atoms with E-state index in [9.17, 15) is 0 Å². The number of hydrogen-bond donors (Lipinski definition) is 0. The van der Waals surface area contributed by atoms with Crippen LogP contribution < -0.4 is 0 Å². The summed E-state index contributed by atoms with van der Waals surface area (Å²) >= 11 is 0. The smallest absolute Gasteiger partial charge is 0.126 e. The Morgan fingerprint density at radius 3 is 2.12 bits per heavy atom. The molecular formula is C31H28N2. The quantitative estimate of drug-likeness (QED) is 0.283. The van der Waals surface area contributed by atoms with E-state index in [4.69, 9.17) is 9.97 Å². The molecule has 0 bridgehead atoms. The van der Waals surface area contributed by atoms with E-state index in [-0.39, 0.29) is 5.41 Å². The fourth-order valence-corrected chi connectivity index (χ4v) is 5.79. The van der Waals surface area contributed by atoms with E-state index >= 15 is 0 Å². The summed E-state index contributed by atoms with van der Waals surface area (Å²) in [4.78, 5) is 10.1. The Hall–Kier alpha value is -3.52. The highest BCUT2D eigenvalue weighted by molar-refractivity contribution is 5.99. The first-order valence-electron chi connectivity index (χ1n) is 11.8. The minimum Gasteiger partial charge on any atom is -0.233 e. The Labute approximate surface area is 195 Å². The van der Waals surface area contributed by atoms with Crippen molar-refractivity contribution < 1.29 is 0 Å². The summed E-state index contributed by atoms with van der Waals surface area (Å²) in [6.07, 6.45) is 0. The zero-order valence-electron chi connectivity index (χ0n) is 19.9. The highest BCUT2D eigenvalue weighted by Gasteiger charge is 2.41. The summed E-state index contributed by atoms with van der Waals surface area (Å²) in [6, 6.07) is 26.5. The molecule has 0 N–H and O–H groups in total. The van der Waals surface area contributed by atoms with Gasteiger partial charge in [-0.2, -0.15) is 0 Å². The second-order valence-electron chi connectivity index (χ2n) is 10.1. The highest BCUT2D eigenvalue weighted by atomic mass is 14.9. The third kappa shape index (κ3) is 2.87. The lowest BCUT2D eigenvalue weighted by molar-refractivity contribution is 0.662. The number of aromatic nitrogens is 2. The van der Waals surface area contributed by atoms with Crippen molar-refractivity contribution in [3.63, 3.8) is 0 Å². The fraction of sp³-hybridized carbons (Fsp3) is 0.226. The predicted octanol–water partition coefficient (Wildman–Crippen LogP) is 8.19. The second-order valence-corrected chi connectivity index (χ2v) is 10.1. The van der Waals surface area contributed by atoms with Gasteiger partial charge < -0.3 is 0 Å². The van der Waals surface area contributed by atoms with Gasteiger partial charge in [0.2, 0.25) is 0 Å². The predicted molar refractivity (Wildman–Crippen MR) is 139 cm³/mol. The maximum atomic E-state index is 5.07. The zero-order valence-corrected chi connectivity index (χ0v) is 19.9. The van der Waals surface area contributed by atoms with Crippen LogP contribution in [0.3, 0.4) is 0 Å². The molecule has 2 nitrogen and oxygen atoms in total. The normalized spacial score (nSPS) is 14.1. The van der Waals surface area contributed by atoms with Gasteiger partial charge in [0.05, 0.1) is 11.4 Å². The molecule has 0 saturated carbocycles. The first-order chi connectivity index (χ1) is 15.9. The van der Waals surface area contributed by atoms with Crippen LogP contribution >= 0.6 is 0 Å². The molecule has 5 aromatic rings. The van der Waals surface area contributed by atoms with Gasteiger partial charge in [-0.05, 0) is 57.6 Å². The first-order valence-corrected chi connectivity index (χ1v) is 11.8. The van der Waals surface area contributed by atoms with E-state index < -0.39 is 0 Å². The minimum atomic E-state index is -0.196. The number of rotatable bonds is 2. The number of nitrogens with zero attached hydrogens (tertiary/aromatic N) is 2. The molecule has 0 aliphatic heterocycles. The van der Waals surface area contributed by atoms with Gasteiger partial charge in [-0.25, -0.2) is 9.97 Å². The van der Waals surface area contributed by atoms with Crippen molar-refractivity contribution in [3.05, 3.63) is 95.3 Å². The molecule has 0 amide bonds. The standard InChI is InChI=1S/C31H28N2/c1-18(2)26-17-22(16-21-11-7-8-12-23(21)26)29-28-30(33-19(3)32-29)25-15-14-20-10-6-9-13-24(20)27(25)31(28,4)5/h6-18H,1-5H3. The lowest BCUT2D eigenvalue weighted by atomic mass is 9.78. The SMILES string of the molecule is Cc1nc(-c2cc(C(C)C)c3ccccc3c2)c2c(n1)-c1ccc3ccccc3c1C2(C)C. The second kappa shape index (κ2) is 6.99. The van der Waals surface area contributed by atoms with Crippen LogP contribution in [-0.2, 0) is 5.41 Å². The Morgan fingerprint density at radius 1 is 0.697 bits per heavy atom. The molecule has 4 aromatic carbocycles. The molecule has 6 rings (SSSR count). The molecule has 0 fully saturated rings. The molecule has 1 heterocycles.